The highest BCUT2D eigenvalue weighted by atomic mass is 19.1. The maximum atomic E-state index is 15.6. The first-order chi connectivity index (χ1) is 13.5. The molecule has 1 aromatic carbocycles. The lowest BCUT2D eigenvalue weighted by Crippen LogP contribution is -2.40. The summed E-state index contributed by atoms with van der Waals surface area (Å²) in [6, 6.07) is 1.16. The van der Waals surface area contributed by atoms with Gasteiger partial charge in [-0.3, -0.25) is 4.79 Å². The first kappa shape index (κ1) is 17.6. The maximum Gasteiger partial charge on any atom is 0.341 e. The molecule has 148 valence electrons. The zero-order chi connectivity index (χ0) is 19.6. The van der Waals surface area contributed by atoms with Crippen molar-refractivity contribution in [1.29, 1.82) is 0 Å². The van der Waals surface area contributed by atoms with E-state index in [0.717, 1.165) is 38.3 Å². The number of anilines is 1. The molecule has 8 heteroatoms. The average molecular weight is 389 g/mol. The van der Waals surface area contributed by atoms with Crippen LogP contribution in [0.25, 0.3) is 10.9 Å². The van der Waals surface area contributed by atoms with Crippen LogP contribution < -0.4 is 15.6 Å². The molecule has 2 atom stereocenters. The van der Waals surface area contributed by atoms with Gasteiger partial charge in [0.05, 0.1) is 10.9 Å². The van der Waals surface area contributed by atoms with Crippen LogP contribution in [0.3, 0.4) is 0 Å². The number of benzene rings is 1. The summed E-state index contributed by atoms with van der Waals surface area (Å²) in [5.41, 5.74) is -1.40. The summed E-state index contributed by atoms with van der Waals surface area (Å²) >= 11 is 0. The molecule has 6 nitrogen and oxygen atoms in total. The Balaban J connectivity index is 1.70. The Bertz CT molecular complexity index is 1030. The number of piperidine rings is 1. The zero-order valence-electron chi connectivity index (χ0n) is 15.3. The summed E-state index contributed by atoms with van der Waals surface area (Å²) in [5.74, 6) is -2.62. The molecule has 1 aromatic heterocycles. The molecule has 2 aromatic rings. The average Bonchev–Trinajstić information content (AvgIpc) is 3.41. The summed E-state index contributed by atoms with van der Waals surface area (Å²) in [7, 11) is 0. The van der Waals surface area contributed by atoms with Crippen molar-refractivity contribution < 1.29 is 18.7 Å². The Kier molecular flexibility index (Phi) is 3.94. The minimum Gasteiger partial charge on any atom is -0.477 e. The minimum absolute atomic E-state index is 0.0109. The van der Waals surface area contributed by atoms with E-state index in [9.17, 15) is 19.1 Å². The topological polar surface area (TPSA) is 74.6 Å². The molecule has 2 saturated heterocycles. The first-order valence-corrected chi connectivity index (χ1v) is 9.74. The first-order valence-electron chi connectivity index (χ1n) is 9.74. The van der Waals surface area contributed by atoms with Crippen LogP contribution in [0.5, 0.6) is 0 Å². The lowest BCUT2D eigenvalue weighted by molar-refractivity contribution is 0.0695. The van der Waals surface area contributed by atoms with Gasteiger partial charge in [0.1, 0.15) is 17.1 Å². The predicted octanol–water partition coefficient (Wildman–Crippen LogP) is 2.50. The summed E-state index contributed by atoms with van der Waals surface area (Å²) in [6.45, 7) is 2.00. The second kappa shape index (κ2) is 6.27. The number of aromatic carboxylic acids is 1. The highest BCUT2D eigenvalue weighted by molar-refractivity contribution is 5.94. The van der Waals surface area contributed by atoms with E-state index in [1.165, 1.54) is 10.8 Å². The molecule has 1 aliphatic carbocycles. The van der Waals surface area contributed by atoms with Gasteiger partial charge < -0.3 is 19.9 Å². The van der Waals surface area contributed by atoms with Gasteiger partial charge in [-0.2, -0.15) is 0 Å². The Morgan fingerprint density at radius 3 is 2.68 bits per heavy atom. The van der Waals surface area contributed by atoms with E-state index in [0.29, 0.717) is 19.0 Å². The lowest BCUT2D eigenvalue weighted by atomic mass is 9.94. The molecule has 1 saturated carbocycles. The Labute approximate surface area is 159 Å². The number of rotatable bonds is 3. The van der Waals surface area contributed by atoms with Crippen molar-refractivity contribution in [3.8, 4) is 0 Å². The fourth-order valence-corrected chi connectivity index (χ4v) is 4.74. The third kappa shape index (κ3) is 2.62. The molecule has 5 rings (SSSR count). The van der Waals surface area contributed by atoms with Gasteiger partial charge in [-0.15, -0.1) is 0 Å². The number of halogens is 2. The second-order valence-electron chi connectivity index (χ2n) is 8.10. The highest BCUT2D eigenvalue weighted by Gasteiger charge is 2.38. The molecule has 3 heterocycles. The summed E-state index contributed by atoms with van der Waals surface area (Å²) in [6.07, 6.45) is 4.85. The van der Waals surface area contributed by atoms with E-state index in [1.807, 2.05) is 0 Å². The normalized spacial score (nSPS) is 24.6. The summed E-state index contributed by atoms with van der Waals surface area (Å²) in [4.78, 5) is 25.7. The molecule has 0 spiro atoms. The largest absolute Gasteiger partial charge is 0.477 e. The van der Waals surface area contributed by atoms with Crippen molar-refractivity contribution >= 4 is 22.6 Å². The molecule has 2 N–H and O–H groups in total. The second-order valence-corrected chi connectivity index (χ2v) is 8.10. The Hall–Kier alpha value is -2.48. The van der Waals surface area contributed by atoms with E-state index in [1.54, 1.807) is 4.90 Å². The third-order valence-corrected chi connectivity index (χ3v) is 6.27. The quantitative estimate of drug-likeness (QED) is 0.844. The predicted molar refractivity (Wildman–Crippen MR) is 100 cm³/mol. The van der Waals surface area contributed by atoms with Crippen LogP contribution in [-0.2, 0) is 0 Å². The van der Waals surface area contributed by atoms with Crippen LogP contribution in [0.15, 0.2) is 17.1 Å². The van der Waals surface area contributed by atoms with Crippen LogP contribution in [0, 0.1) is 17.6 Å². The monoisotopic (exact) mass is 389 g/mol. The number of nitrogens with one attached hydrogen (secondary N) is 1. The van der Waals surface area contributed by atoms with Gasteiger partial charge in [-0.25, -0.2) is 13.6 Å². The van der Waals surface area contributed by atoms with E-state index in [4.69, 9.17) is 0 Å². The Morgan fingerprint density at radius 1 is 1.21 bits per heavy atom. The van der Waals surface area contributed by atoms with E-state index in [-0.39, 0.29) is 28.7 Å². The van der Waals surface area contributed by atoms with Crippen molar-refractivity contribution in [2.24, 2.45) is 5.92 Å². The molecule has 0 amide bonds. The molecule has 0 bridgehead atoms. The van der Waals surface area contributed by atoms with Crippen molar-refractivity contribution in [3.63, 3.8) is 0 Å². The fraction of sp³-hybridized carbons (Fsp3) is 0.500. The van der Waals surface area contributed by atoms with Gasteiger partial charge in [0.15, 0.2) is 5.82 Å². The van der Waals surface area contributed by atoms with Gasteiger partial charge in [0.2, 0.25) is 5.43 Å². The van der Waals surface area contributed by atoms with E-state index < -0.39 is 28.6 Å². The van der Waals surface area contributed by atoms with E-state index in [2.05, 4.69) is 5.32 Å². The number of pyridine rings is 1. The third-order valence-electron chi connectivity index (χ3n) is 6.27. The van der Waals surface area contributed by atoms with Crippen LogP contribution in [-0.4, -0.2) is 41.3 Å². The molecule has 2 aliphatic heterocycles. The summed E-state index contributed by atoms with van der Waals surface area (Å²) in [5, 5.41) is 12.5. The number of fused-ring (bicyclic) bond motifs is 2. The number of hydrogen-bond acceptors (Lipinski definition) is 4. The van der Waals surface area contributed by atoms with Crippen molar-refractivity contribution in [3.05, 3.63) is 39.7 Å². The summed E-state index contributed by atoms with van der Waals surface area (Å²) < 4.78 is 32.1. The smallest absolute Gasteiger partial charge is 0.341 e. The fourth-order valence-electron chi connectivity index (χ4n) is 4.74. The van der Waals surface area contributed by atoms with Crippen LogP contribution in [0.2, 0.25) is 0 Å². The van der Waals surface area contributed by atoms with Crippen LogP contribution in [0.4, 0.5) is 14.5 Å². The SMILES string of the molecule is O=C(O)c1cn(C2CC2)c2c(F)c(N3CC4NCCC[C@H]4C3)c(F)cc2c1=O. The van der Waals surface area contributed by atoms with Gasteiger partial charge in [0.25, 0.3) is 0 Å². The molecule has 3 aliphatic rings. The molecular weight excluding hydrogens is 368 g/mol. The molecule has 1 unspecified atom stereocenters. The number of hydrogen-bond donors (Lipinski definition) is 2. The number of nitrogens with zero attached hydrogens (tertiary/aromatic N) is 2. The highest BCUT2D eigenvalue weighted by Crippen LogP contribution is 2.40. The minimum atomic E-state index is -1.39. The van der Waals surface area contributed by atoms with Crippen molar-refractivity contribution in [1.82, 2.24) is 9.88 Å². The van der Waals surface area contributed by atoms with Crippen LogP contribution >= 0.6 is 0 Å². The lowest BCUT2D eigenvalue weighted by Gasteiger charge is -2.24. The van der Waals surface area contributed by atoms with Crippen molar-refractivity contribution in [2.45, 2.75) is 37.8 Å². The number of carboxylic acids is 1. The molecule has 28 heavy (non-hydrogen) atoms. The number of carbonyl (C=O) groups is 1. The van der Waals surface area contributed by atoms with Crippen molar-refractivity contribution in [2.75, 3.05) is 24.5 Å². The zero-order valence-corrected chi connectivity index (χ0v) is 15.3. The maximum absolute atomic E-state index is 15.6. The molecule has 3 fully saturated rings. The number of carboxylic acid groups (broad SMARTS) is 1. The molecule has 0 radical (unpaired) electrons. The number of aromatic nitrogens is 1. The van der Waals surface area contributed by atoms with Gasteiger partial charge in [-0.1, -0.05) is 0 Å². The van der Waals surface area contributed by atoms with Gasteiger partial charge in [-0.05, 0) is 44.2 Å². The molecular formula is C20H21F2N3O3. The Morgan fingerprint density at radius 2 is 2.00 bits per heavy atom. The van der Waals surface area contributed by atoms with Gasteiger partial charge >= 0.3 is 5.97 Å². The van der Waals surface area contributed by atoms with Crippen LogP contribution in [0.1, 0.15) is 42.1 Å². The van der Waals surface area contributed by atoms with E-state index >= 15 is 4.39 Å². The standard InChI is InChI=1S/C20H21F2N3O3/c21-14-6-12-17(25(11-3-4-11)8-13(19(12)26)20(27)28)16(22)18(14)24-7-10-2-1-5-23-15(10)9-24/h6,8,10-11,15,23H,1-5,7,9H2,(H,27,28)/t10-,15?/m0/s1. The van der Waals surface area contributed by atoms with Gasteiger partial charge in [0, 0.05) is 31.4 Å².